The highest BCUT2D eigenvalue weighted by Gasteiger charge is 2.41. The Kier molecular flexibility index (Phi) is 4.70. The number of halogens is 1. The van der Waals surface area contributed by atoms with Crippen LogP contribution in [-0.4, -0.2) is 37.2 Å². The van der Waals surface area contributed by atoms with E-state index in [-0.39, 0.29) is 6.42 Å². The zero-order valence-electron chi connectivity index (χ0n) is 9.16. The van der Waals surface area contributed by atoms with Crippen molar-refractivity contribution in [2.45, 2.75) is 32.4 Å². The van der Waals surface area contributed by atoms with Crippen molar-refractivity contribution < 1.29 is 22.7 Å². The molecule has 0 aromatic rings. The third-order valence-corrected chi connectivity index (χ3v) is 4.42. The number of carboxylic acid groups (broad SMARTS) is 1. The monoisotopic (exact) mass is 240 g/mol. The predicted molar refractivity (Wildman–Crippen MR) is 55.3 cm³/mol. The lowest BCUT2D eigenvalue weighted by Crippen LogP contribution is -2.42. The summed E-state index contributed by atoms with van der Waals surface area (Å²) in [6, 6.07) is 0. The molecule has 0 fully saturated rings. The van der Waals surface area contributed by atoms with E-state index in [0.29, 0.717) is 0 Å². The molecule has 0 amide bonds. The van der Waals surface area contributed by atoms with Gasteiger partial charge in [0, 0.05) is 0 Å². The number of rotatable bonds is 5. The predicted octanol–water partition coefficient (Wildman–Crippen LogP) is 1.26. The van der Waals surface area contributed by atoms with Crippen LogP contribution < -0.4 is 0 Å². The second kappa shape index (κ2) is 4.92. The lowest BCUT2D eigenvalue weighted by molar-refractivity contribution is -0.138. The fourth-order valence-corrected chi connectivity index (χ4v) is 3.57. The van der Waals surface area contributed by atoms with Crippen molar-refractivity contribution in [1.82, 2.24) is 0 Å². The summed E-state index contributed by atoms with van der Waals surface area (Å²) < 4.78 is 35.1. The number of alkyl halides is 1. The number of sulfone groups is 1. The average molecular weight is 240 g/mol. The van der Waals surface area contributed by atoms with Gasteiger partial charge in [0.15, 0.2) is 15.1 Å². The van der Waals surface area contributed by atoms with E-state index in [1.807, 2.05) is 0 Å². The largest absolute Gasteiger partial charge is 0.480 e. The second-order valence-corrected chi connectivity index (χ2v) is 6.70. The number of carbonyl (C=O) groups is 1. The summed E-state index contributed by atoms with van der Waals surface area (Å²) in [4.78, 5) is 10.9. The molecule has 0 aliphatic carbocycles. The Labute approximate surface area is 89.4 Å². The number of hydrogen-bond donors (Lipinski definition) is 1. The Morgan fingerprint density at radius 1 is 1.40 bits per heavy atom. The molecule has 0 aliphatic rings. The van der Waals surface area contributed by atoms with Crippen LogP contribution in [0.4, 0.5) is 4.39 Å². The third kappa shape index (κ3) is 4.15. The molecule has 0 heterocycles. The molecule has 1 N–H and O–H groups in total. The lowest BCUT2D eigenvalue weighted by Gasteiger charge is -2.26. The first-order chi connectivity index (χ1) is 6.63. The standard InChI is InChI=1S/C9H17FO4S/c1-9(2,3)7(8(11)12)15(13,14)6-4-5-10/h7H,4-6H2,1-3H3,(H,11,12). The summed E-state index contributed by atoms with van der Waals surface area (Å²) >= 11 is 0. The average Bonchev–Trinajstić information content (AvgIpc) is 1.96. The van der Waals surface area contributed by atoms with Crippen molar-refractivity contribution in [1.29, 1.82) is 0 Å². The van der Waals surface area contributed by atoms with Crippen LogP contribution in [0, 0.1) is 5.41 Å². The van der Waals surface area contributed by atoms with E-state index in [9.17, 15) is 17.6 Å². The van der Waals surface area contributed by atoms with Crippen molar-refractivity contribution in [3.8, 4) is 0 Å². The van der Waals surface area contributed by atoms with Crippen molar-refractivity contribution in [3.05, 3.63) is 0 Å². The molecule has 90 valence electrons. The maximum atomic E-state index is 11.9. The summed E-state index contributed by atoms with van der Waals surface area (Å²) in [6.45, 7) is 3.87. The van der Waals surface area contributed by atoms with Gasteiger partial charge in [-0.1, -0.05) is 20.8 Å². The maximum Gasteiger partial charge on any atom is 0.322 e. The van der Waals surface area contributed by atoms with Crippen LogP contribution >= 0.6 is 0 Å². The molecule has 0 aliphatic heterocycles. The van der Waals surface area contributed by atoms with Gasteiger partial charge in [-0.15, -0.1) is 0 Å². The molecule has 15 heavy (non-hydrogen) atoms. The van der Waals surface area contributed by atoms with Crippen molar-refractivity contribution in [2.24, 2.45) is 5.41 Å². The van der Waals surface area contributed by atoms with E-state index in [1.54, 1.807) is 20.8 Å². The summed E-state index contributed by atoms with van der Waals surface area (Å²) in [6.07, 6.45) is -0.151. The van der Waals surface area contributed by atoms with Crippen molar-refractivity contribution in [2.75, 3.05) is 12.4 Å². The van der Waals surface area contributed by atoms with Gasteiger partial charge < -0.3 is 5.11 Å². The van der Waals surface area contributed by atoms with Crippen LogP contribution in [0.5, 0.6) is 0 Å². The molecule has 0 bridgehead atoms. The number of hydrogen-bond acceptors (Lipinski definition) is 3. The topological polar surface area (TPSA) is 71.4 Å². The van der Waals surface area contributed by atoms with Crippen LogP contribution in [0.15, 0.2) is 0 Å². The highest BCUT2D eigenvalue weighted by molar-refractivity contribution is 7.92. The van der Waals surface area contributed by atoms with Gasteiger partial charge in [-0.05, 0) is 11.8 Å². The van der Waals surface area contributed by atoms with Gasteiger partial charge in [0.2, 0.25) is 0 Å². The summed E-state index contributed by atoms with van der Waals surface area (Å²) in [5.41, 5.74) is -0.888. The Morgan fingerprint density at radius 2 is 1.87 bits per heavy atom. The zero-order valence-corrected chi connectivity index (χ0v) is 9.97. The minimum atomic E-state index is -3.78. The molecule has 1 unspecified atom stereocenters. The smallest absolute Gasteiger partial charge is 0.322 e. The van der Waals surface area contributed by atoms with E-state index in [2.05, 4.69) is 0 Å². The molecular formula is C9H17FO4S. The molecule has 0 aromatic carbocycles. The Morgan fingerprint density at radius 3 is 2.13 bits per heavy atom. The van der Waals surface area contributed by atoms with E-state index < -0.39 is 38.9 Å². The van der Waals surface area contributed by atoms with E-state index in [4.69, 9.17) is 5.11 Å². The van der Waals surface area contributed by atoms with Crippen LogP contribution in [0.1, 0.15) is 27.2 Å². The third-order valence-electron chi connectivity index (χ3n) is 1.93. The molecule has 0 rings (SSSR count). The quantitative estimate of drug-likeness (QED) is 0.785. The fraction of sp³-hybridized carbons (Fsp3) is 0.889. The molecule has 0 saturated heterocycles. The van der Waals surface area contributed by atoms with Crippen LogP contribution in [0.25, 0.3) is 0 Å². The van der Waals surface area contributed by atoms with Crippen LogP contribution in [0.2, 0.25) is 0 Å². The molecule has 0 saturated carbocycles. The Balaban J connectivity index is 5.02. The lowest BCUT2D eigenvalue weighted by atomic mass is 9.92. The minimum Gasteiger partial charge on any atom is -0.480 e. The summed E-state index contributed by atoms with van der Waals surface area (Å²) in [7, 11) is -3.78. The molecule has 0 aromatic heterocycles. The van der Waals surface area contributed by atoms with Crippen molar-refractivity contribution in [3.63, 3.8) is 0 Å². The van der Waals surface area contributed by atoms with Crippen LogP contribution in [-0.2, 0) is 14.6 Å². The Bertz CT molecular complexity index is 315. The first-order valence-electron chi connectivity index (χ1n) is 4.63. The van der Waals surface area contributed by atoms with Gasteiger partial charge in [-0.2, -0.15) is 0 Å². The molecular weight excluding hydrogens is 223 g/mol. The first-order valence-corrected chi connectivity index (χ1v) is 6.35. The molecule has 4 nitrogen and oxygen atoms in total. The van der Waals surface area contributed by atoms with Gasteiger partial charge >= 0.3 is 5.97 Å². The number of aliphatic carboxylic acids is 1. The van der Waals surface area contributed by atoms with Gasteiger partial charge in [-0.25, -0.2) is 8.42 Å². The summed E-state index contributed by atoms with van der Waals surface area (Å²) in [5.74, 6) is -1.79. The van der Waals surface area contributed by atoms with Crippen molar-refractivity contribution >= 4 is 15.8 Å². The van der Waals surface area contributed by atoms with E-state index >= 15 is 0 Å². The fourth-order valence-electron chi connectivity index (χ4n) is 1.44. The Hall–Kier alpha value is -0.650. The maximum absolute atomic E-state index is 11.9. The van der Waals surface area contributed by atoms with E-state index in [0.717, 1.165) is 0 Å². The van der Waals surface area contributed by atoms with Gasteiger partial charge in [-0.3, -0.25) is 9.18 Å². The summed E-state index contributed by atoms with van der Waals surface area (Å²) in [5, 5.41) is 7.40. The minimum absolute atomic E-state index is 0.151. The van der Waals surface area contributed by atoms with Gasteiger partial charge in [0.25, 0.3) is 0 Å². The molecule has 0 spiro atoms. The highest BCUT2D eigenvalue weighted by Crippen LogP contribution is 2.26. The van der Waals surface area contributed by atoms with Gasteiger partial charge in [0.05, 0.1) is 12.4 Å². The highest BCUT2D eigenvalue weighted by atomic mass is 32.2. The number of carboxylic acids is 1. The SMILES string of the molecule is CC(C)(C)C(C(=O)O)S(=O)(=O)CCCF. The second-order valence-electron chi connectivity index (χ2n) is 4.49. The molecule has 0 radical (unpaired) electrons. The molecule has 1 atom stereocenters. The first kappa shape index (κ1) is 14.3. The molecule has 6 heteroatoms. The zero-order chi connectivity index (χ0) is 12.3. The van der Waals surface area contributed by atoms with Crippen LogP contribution in [0.3, 0.4) is 0 Å². The normalized spacial score (nSPS) is 14.9. The van der Waals surface area contributed by atoms with E-state index in [1.165, 1.54) is 0 Å². The van der Waals surface area contributed by atoms with Gasteiger partial charge in [0.1, 0.15) is 0 Å².